The van der Waals surface area contributed by atoms with Crippen molar-refractivity contribution in [3.05, 3.63) is 59.9 Å². The van der Waals surface area contributed by atoms with Crippen molar-refractivity contribution in [2.24, 2.45) is 4.99 Å². The van der Waals surface area contributed by atoms with Crippen molar-refractivity contribution >= 4 is 88.7 Å². The van der Waals surface area contributed by atoms with Crippen LogP contribution < -0.4 is 0 Å². The molecule has 165 valence electrons. The fraction of sp³-hybridized carbons (Fsp3) is 0.520. The van der Waals surface area contributed by atoms with E-state index >= 15 is 0 Å². The zero-order chi connectivity index (χ0) is 23.5. The predicted octanol–water partition coefficient (Wildman–Crippen LogP) is 7.08. The molecule has 0 bridgehead atoms. The largest absolute Gasteiger partial charge is 4.00 e. The van der Waals surface area contributed by atoms with E-state index in [0.717, 1.165) is 109 Å². The van der Waals surface area contributed by atoms with E-state index in [1.165, 1.54) is 35.4 Å². The quantitative estimate of drug-likeness (QED) is 0.159. The number of aliphatic imine (C=N–C) groups is 1. The first kappa shape index (κ1) is 37.6. The zero-order valence-electron chi connectivity index (χ0n) is 20.2. The van der Waals surface area contributed by atoms with Gasteiger partial charge in [0.05, 0.1) is 0 Å². The van der Waals surface area contributed by atoms with Crippen LogP contribution in [0.5, 0.6) is 0 Å². The number of unbranched alkanes of at least 4 members (excludes halogenated alkanes) is 1. The second-order valence-electron chi connectivity index (χ2n) is 7.37. The van der Waals surface area contributed by atoms with Gasteiger partial charge in [-0.1, -0.05) is 76.4 Å². The first-order valence-corrected chi connectivity index (χ1v) is 18.9. The Bertz CT molecular complexity index is 589. The van der Waals surface area contributed by atoms with Gasteiger partial charge in [-0.25, -0.2) is 0 Å². The zero-order valence-corrected chi connectivity index (χ0v) is 34.3. The number of nitrogens with zero attached hydrogens (tertiary/aromatic N) is 2. The van der Waals surface area contributed by atoms with E-state index < -0.39 is 0 Å². The molecule has 6 heteroatoms. The number of benzene rings is 1. The fourth-order valence-electron chi connectivity index (χ4n) is 3.16. The number of hydrogen-bond donors (Lipinski definition) is 0. The van der Waals surface area contributed by atoms with Crippen LogP contribution in [0.3, 0.4) is 0 Å². The van der Waals surface area contributed by atoms with Gasteiger partial charge in [0.25, 0.3) is 0 Å². The van der Waals surface area contributed by atoms with Gasteiger partial charge in [-0.05, 0) is 37.5 Å². The molecule has 1 aromatic rings. The minimum Gasteiger partial charge on any atom is 4.00 e. The van der Waals surface area contributed by atoms with Crippen molar-refractivity contribution in [3.63, 3.8) is 0 Å². The van der Waals surface area contributed by atoms with Gasteiger partial charge in [0, 0.05) is 12.3 Å². The van der Waals surface area contributed by atoms with Crippen molar-refractivity contribution in [3.8, 4) is 0 Å². The number of allylic oxidation sites excluding steroid dienone is 2. The van der Waals surface area contributed by atoms with E-state index in [2.05, 4.69) is 72.3 Å². The standard InChI is InChI=1S/C22H33N2.3CH2.3Pb.Zr/c1-6-7-15-23-20-13-8-9-14-21(20)24-22-18(16(2)3)11-10-12-19(22)17(4)5;;;;;;;/h10-12,14,16-17H,6-9,13,15H2,1-5H3;3*1H2;;;;/q4*-1;;;;+4. The molecule has 9 radical (unpaired) electrons. The van der Waals surface area contributed by atoms with E-state index in [1.54, 1.807) is 0 Å². The number of hydrogen-bond acceptors (Lipinski definition) is 1. The molecule has 0 fully saturated rings. The van der Waals surface area contributed by atoms with Gasteiger partial charge in [-0.2, -0.15) is 0 Å². The molecule has 0 saturated heterocycles. The van der Waals surface area contributed by atoms with Crippen LogP contribution in [0.1, 0.15) is 89.7 Å². The summed E-state index contributed by atoms with van der Waals surface area (Å²) in [6.45, 7) is 12.2. The van der Waals surface area contributed by atoms with Gasteiger partial charge in [0.2, 0.25) is 0 Å². The van der Waals surface area contributed by atoms with E-state index in [-0.39, 0.29) is 26.2 Å². The molecule has 1 aliphatic rings. The Hall–Kier alpha value is 2.08. The van der Waals surface area contributed by atoms with Crippen LogP contribution in [-0.4, -0.2) is 89.6 Å². The van der Waals surface area contributed by atoms with Crippen LogP contribution in [0.25, 0.3) is 5.32 Å². The molecule has 0 N–H and O–H groups in total. The van der Waals surface area contributed by atoms with Crippen molar-refractivity contribution < 1.29 is 26.2 Å². The molecular formula is C25H39N2Pb3Zr. The van der Waals surface area contributed by atoms with Crippen molar-refractivity contribution in [2.75, 3.05) is 6.54 Å². The Labute approximate surface area is 261 Å². The summed E-state index contributed by atoms with van der Waals surface area (Å²) in [5.74, 6) is 0.958. The molecular weight excluding hydrogens is 1040 g/mol. The summed E-state index contributed by atoms with van der Waals surface area (Å²) in [7, 11) is 0. The SMILES string of the molecule is CCCCN=C1CCCC=C1[N-]c1c(C(C)C)cccc1C(C)C.[CH2-][Pb].[CH2-][Pb].[CH2-][Pb].[Zr+4]. The normalized spacial score (nSPS) is 13.6. The molecule has 0 saturated carbocycles. The molecule has 0 aromatic heterocycles. The van der Waals surface area contributed by atoms with Crippen molar-refractivity contribution in [1.29, 1.82) is 0 Å². The Balaban J connectivity index is -0.00000103. The van der Waals surface area contributed by atoms with Gasteiger partial charge in [-0.15, -0.1) is 11.4 Å². The van der Waals surface area contributed by atoms with Gasteiger partial charge >= 0.3 is 117 Å². The first-order chi connectivity index (χ1) is 14.5. The monoisotopic (exact) mass is 1080 g/mol. The van der Waals surface area contributed by atoms with Crippen molar-refractivity contribution in [2.45, 2.75) is 78.6 Å². The Morgan fingerprint density at radius 2 is 1.48 bits per heavy atom. The van der Waals surface area contributed by atoms with E-state index in [4.69, 9.17) is 10.3 Å². The molecule has 2 nitrogen and oxygen atoms in total. The van der Waals surface area contributed by atoms with E-state index in [9.17, 15) is 0 Å². The summed E-state index contributed by atoms with van der Waals surface area (Å²) in [6.07, 6.45) is 8.03. The third kappa shape index (κ3) is 14.9. The molecule has 0 spiro atoms. The van der Waals surface area contributed by atoms with Crippen LogP contribution in [0.2, 0.25) is 0 Å². The molecule has 0 aliphatic heterocycles. The fourth-order valence-corrected chi connectivity index (χ4v) is 3.16. The Morgan fingerprint density at radius 3 is 1.94 bits per heavy atom. The van der Waals surface area contributed by atoms with E-state index in [1.807, 2.05) is 0 Å². The number of para-hydroxylation sites is 1. The smallest absolute Gasteiger partial charge is 4.00 e. The average molecular weight is 1080 g/mol. The molecule has 31 heavy (non-hydrogen) atoms. The molecule has 1 aliphatic carbocycles. The summed E-state index contributed by atoms with van der Waals surface area (Å²) < 4.78 is 10.2. The maximum Gasteiger partial charge on any atom is 4.00 e. The third-order valence-corrected chi connectivity index (χ3v) is 4.64. The molecule has 2 rings (SSSR count). The number of rotatable bonds is 7. The summed E-state index contributed by atoms with van der Waals surface area (Å²) >= 11 is 3.17. The van der Waals surface area contributed by atoms with Crippen molar-refractivity contribution in [1.82, 2.24) is 0 Å². The molecule has 0 unspecified atom stereocenters. The van der Waals surface area contributed by atoms with Crippen LogP contribution in [0, 0.1) is 13.4 Å². The molecule has 0 amide bonds. The van der Waals surface area contributed by atoms with Gasteiger partial charge < -0.3 is 5.32 Å². The molecule has 1 aromatic carbocycles. The minimum absolute atomic E-state index is 0. The second-order valence-corrected chi connectivity index (χ2v) is 7.37. The minimum atomic E-state index is 0. The predicted molar refractivity (Wildman–Crippen MR) is 140 cm³/mol. The molecule has 0 atom stereocenters. The Kier molecular flexibility index (Phi) is 30.6. The Morgan fingerprint density at radius 1 is 0.968 bits per heavy atom. The summed E-state index contributed by atoms with van der Waals surface area (Å²) in [5, 5.41) is 5.15. The average Bonchev–Trinajstić information content (AvgIpc) is 2.79. The summed E-state index contributed by atoms with van der Waals surface area (Å²) in [5.41, 5.74) is 6.20. The van der Waals surface area contributed by atoms with Gasteiger partial charge in [-0.3, -0.25) is 4.99 Å². The third-order valence-electron chi connectivity index (χ3n) is 4.64. The first-order valence-electron chi connectivity index (χ1n) is 10.7. The van der Waals surface area contributed by atoms with Gasteiger partial charge in [0.15, 0.2) is 0 Å². The topological polar surface area (TPSA) is 26.5 Å². The maximum absolute atomic E-state index is 5.15. The van der Waals surface area contributed by atoms with Crippen LogP contribution in [0.4, 0.5) is 5.69 Å². The van der Waals surface area contributed by atoms with Crippen LogP contribution in [0.15, 0.2) is 35.0 Å². The summed E-state index contributed by atoms with van der Waals surface area (Å²) in [4.78, 5) is 4.85. The summed E-state index contributed by atoms with van der Waals surface area (Å²) in [6, 6.07) is 6.63. The van der Waals surface area contributed by atoms with E-state index in [0.29, 0.717) is 11.8 Å². The second kappa shape index (κ2) is 25.2. The van der Waals surface area contributed by atoms with Crippen LogP contribution >= 0.6 is 0 Å². The maximum atomic E-state index is 5.15. The van der Waals surface area contributed by atoms with Crippen LogP contribution in [-0.2, 0) is 26.2 Å². The molecule has 0 heterocycles. The van der Waals surface area contributed by atoms with Gasteiger partial charge in [0.1, 0.15) is 0 Å².